The summed E-state index contributed by atoms with van der Waals surface area (Å²) in [6.45, 7) is 0. The van der Waals surface area contributed by atoms with Crippen LogP contribution in [0.5, 0.6) is 0 Å². The molecule has 0 aliphatic carbocycles. The number of hydrogen-bond acceptors (Lipinski definition) is 3. The van der Waals surface area contributed by atoms with E-state index in [0.29, 0.717) is 5.69 Å². The molecule has 2 aromatic heterocycles. The monoisotopic (exact) mass is 152 g/mol. The van der Waals surface area contributed by atoms with Gasteiger partial charge < -0.3 is 0 Å². The van der Waals surface area contributed by atoms with Crippen LogP contribution in [0, 0.1) is 0 Å². The Bertz CT molecular complexity index is 362. The van der Waals surface area contributed by atoms with E-state index in [0.717, 1.165) is 11.2 Å². The van der Waals surface area contributed by atoms with Crippen LogP contribution in [0.25, 0.3) is 4.96 Å². The van der Waals surface area contributed by atoms with Gasteiger partial charge in [0.15, 0.2) is 11.2 Å². The van der Waals surface area contributed by atoms with E-state index >= 15 is 0 Å². The molecule has 0 saturated carbocycles. The highest BCUT2D eigenvalue weighted by molar-refractivity contribution is 7.15. The molecule has 2 heterocycles. The van der Waals surface area contributed by atoms with Gasteiger partial charge in [-0.2, -0.15) is 0 Å². The number of aldehydes is 1. The van der Waals surface area contributed by atoms with Crippen molar-refractivity contribution in [1.82, 2.24) is 9.38 Å². The fourth-order valence-corrected chi connectivity index (χ4v) is 1.53. The molecule has 0 N–H and O–H groups in total. The fraction of sp³-hybridized carbons (Fsp3) is 0. The highest BCUT2D eigenvalue weighted by Crippen LogP contribution is 2.10. The van der Waals surface area contributed by atoms with Gasteiger partial charge in [0.05, 0.1) is 6.20 Å². The van der Waals surface area contributed by atoms with Gasteiger partial charge in [0.2, 0.25) is 0 Å². The predicted molar refractivity (Wildman–Crippen MR) is 38.5 cm³/mol. The molecular formula is C6H4N2OS. The molecule has 0 aromatic carbocycles. The van der Waals surface area contributed by atoms with Crippen molar-refractivity contribution in [2.45, 2.75) is 0 Å². The molecule has 10 heavy (non-hydrogen) atoms. The number of hydrogen-bond donors (Lipinski definition) is 0. The SMILES string of the molecule is O=Cc1cnc2sccn12. The molecule has 50 valence electrons. The maximum Gasteiger partial charge on any atom is 0.194 e. The number of imidazole rings is 1. The lowest BCUT2D eigenvalue weighted by atomic mass is 10.5. The first-order valence-corrected chi connectivity index (χ1v) is 3.65. The minimum atomic E-state index is 0.608. The van der Waals surface area contributed by atoms with Crippen molar-refractivity contribution >= 4 is 22.6 Å². The highest BCUT2D eigenvalue weighted by atomic mass is 32.1. The lowest BCUT2D eigenvalue weighted by molar-refractivity contribution is 0.111. The standard InChI is InChI=1S/C6H4N2OS/c9-4-5-3-7-6-8(5)1-2-10-6/h1-4H. The van der Waals surface area contributed by atoms with Gasteiger partial charge in [-0.3, -0.25) is 9.20 Å². The van der Waals surface area contributed by atoms with Crippen LogP contribution < -0.4 is 0 Å². The van der Waals surface area contributed by atoms with E-state index in [-0.39, 0.29) is 0 Å². The molecule has 0 atom stereocenters. The Morgan fingerprint density at radius 1 is 1.70 bits per heavy atom. The number of thiazole rings is 1. The third-order valence-electron chi connectivity index (χ3n) is 1.30. The quantitative estimate of drug-likeness (QED) is 0.575. The molecule has 0 aliphatic rings. The van der Waals surface area contributed by atoms with Gasteiger partial charge in [0.1, 0.15) is 5.69 Å². The maximum atomic E-state index is 10.3. The van der Waals surface area contributed by atoms with Crippen molar-refractivity contribution in [3.05, 3.63) is 23.5 Å². The Balaban J connectivity index is 2.88. The number of nitrogens with zero attached hydrogens (tertiary/aromatic N) is 2. The second-order valence-corrected chi connectivity index (χ2v) is 2.73. The third-order valence-corrected chi connectivity index (χ3v) is 2.07. The molecule has 0 unspecified atom stereocenters. The van der Waals surface area contributed by atoms with E-state index in [1.807, 2.05) is 11.6 Å². The molecule has 0 saturated heterocycles. The highest BCUT2D eigenvalue weighted by Gasteiger charge is 2.00. The molecule has 2 rings (SSSR count). The summed E-state index contributed by atoms with van der Waals surface area (Å²) >= 11 is 1.52. The zero-order chi connectivity index (χ0) is 6.97. The van der Waals surface area contributed by atoms with E-state index in [1.54, 1.807) is 10.6 Å². The van der Waals surface area contributed by atoms with Gasteiger partial charge in [-0.05, 0) is 0 Å². The Labute approximate surface area is 60.9 Å². The van der Waals surface area contributed by atoms with Crippen molar-refractivity contribution in [3.63, 3.8) is 0 Å². The minimum absolute atomic E-state index is 0.608. The summed E-state index contributed by atoms with van der Waals surface area (Å²) in [5.74, 6) is 0. The maximum absolute atomic E-state index is 10.3. The Hall–Kier alpha value is -1.16. The van der Waals surface area contributed by atoms with E-state index in [1.165, 1.54) is 11.3 Å². The van der Waals surface area contributed by atoms with Gasteiger partial charge in [0.25, 0.3) is 0 Å². The average Bonchev–Trinajstić information content (AvgIpc) is 2.44. The first-order valence-electron chi connectivity index (χ1n) is 2.77. The molecule has 4 heteroatoms. The van der Waals surface area contributed by atoms with Crippen LogP contribution in [0.3, 0.4) is 0 Å². The van der Waals surface area contributed by atoms with Crippen molar-refractivity contribution in [2.75, 3.05) is 0 Å². The second kappa shape index (κ2) is 1.91. The van der Waals surface area contributed by atoms with Crippen LogP contribution in [0.2, 0.25) is 0 Å². The summed E-state index contributed by atoms with van der Waals surface area (Å²) in [5, 5.41) is 1.90. The van der Waals surface area contributed by atoms with Gasteiger partial charge in [-0.25, -0.2) is 4.98 Å². The van der Waals surface area contributed by atoms with Crippen molar-refractivity contribution < 1.29 is 4.79 Å². The Morgan fingerprint density at radius 2 is 2.60 bits per heavy atom. The van der Waals surface area contributed by atoms with Crippen LogP contribution >= 0.6 is 11.3 Å². The van der Waals surface area contributed by atoms with Crippen LogP contribution in [-0.4, -0.2) is 15.7 Å². The topological polar surface area (TPSA) is 34.4 Å². The van der Waals surface area contributed by atoms with Crippen molar-refractivity contribution in [2.24, 2.45) is 0 Å². The lowest BCUT2D eigenvalue weighted by Gasteiger charge is -1.81. The molecule has 0 spiro atoms. The van der Waals surface area contributed by atoms with Gasteiger partial charge in [0, 0.05) is 11.6 Å². The van der Waals surface area contributed by atoms with Crippen LogP contribution in [0.1, 0.15) is 10.5 Å². The smallest absolute Gasteiger partial charge is 0.194 e. The molecule has 0 bridgehead atoms. The van der Waals surface area contributed by atoms with Crippen LogP contribution in [0.4, 0.5) is 0 Å². The molecule has 2 aromatic rings. The average molecular weight is 152 g/mol. The number of rotatable bonds is 1. The summed E-state index contributed by atoms with van der Waals surface area (Å²) in [6.07, 6.45) is 4.20. The van der Waals surface area contributed by atoms with Crippen molar-refractivity contribution in [1.29, 1.82) is 0 Å². The summed E-state index contributed by atoms with van der Waals surface area (Å²) in [4.78, 5) is 15.2. The molecule has 0 fully saturated rings. The number of carbonyl (C=O) groups excluding carboxylic acids is 1. The zero-order valence-electron chi connectivity index (χ0n) is 5.02. The molecular weight excluding hydrogens is 148 g/mol. The zero-order valence-corrected chi connectivity index (χ0v) is 5.84. The Morgan fingerprint density at radius 3 is 3.40 bits per heavy atom. The van der Waals surface area contributed by atoms with E-state index in [9.17, 15) is 4.79 Å². The van der Waals surface area contributed by atoms with Gasteiger partial charge in [-0.1, -0.05) is 0 Å². The van der Waals surface area contributed by atoms with Gasteiger partial charge in [-0.15, -0.1) is 11.3 Å². The third kappa shape index (κ3) is 0.593. The van der Waals surface area contributed by atoms with Crippen LogP contribution in [0.15, 0.2) is 17.8 Å². The summed E-state index contributed by atoms with van der Waals surface area (Å²) in [7, 11) is 0. The van der Waals surface area contributed by atoms with E-state index in [4.69, 9.17) is 0 Å². The molecule has 3 nitrogen and oxygen atoms in total. The minimum Gasteiger partial charge on any atom is -0.296 e. The molecule has 0 radical (unpaired) electrons. The molecule has 0 amide bonds. The summed E-state index contributed by atoms with van der Waals surface area (Å²) in [6, 6.07) is 0. The number of aromatic nitrogens is 2. The number of fused-ring (bicyclic) bond motifs is 1. The first kappa shape index (κ1) is 5.61. The predicted octanol–water partition coefficient (Wildman–Crippen LogP) is 1.21. The van der Waals surface area contributed by atoms with E-state index in [2.05, 4.69) is 4.98 Å². The summed E-state index contributed by atoms with van der Waals surface area (Å²) in [5.41, 5.74) is 0.608. The lowest BCUT2D eigenvalue weighted by Crippen LogP contribution is -1.83. The summed E-state index contributed by atoms with van der Waals surface area (Å²) < 4.78 is 1.76. The second-order valence-electron chi connectivity index (χ2n) is 1.86. The fourth-order valence-electron chi connectivity index (χ4n) is 0.833. The molecule has 0 aliphatic heterocycles. The van der Waals surface area contributed by atoms with Crippen molar-refractivity contribution in [3.8, 4) is 0 Å². The first-order chi connectivity index (χ1) is 4.92. The van der Waals surface area contributed by atoms with Crippen LogP contribution in [-0.2, 0) is 0 Å². The Kier molecular flexibility index (Phi) is 1.07. The van der Waals surface area contributed by atoms with E-state index < -0.39 is 0 Å². The largest absolute Gasteiger partial charge is 0.296 e. The number of carbonyl (C=O) groups is 1. The normalized spacial score (nSPS) is 10.4. The van der Waals surface area contributed by atoms with Gasteiger partial charge >= 0.3 is 0 Å².